The molecule has 0 aromatic carbocycles. The van der Waals surface area contributed by atoms with Gasteiger partial charge in [0, 0.05) is 13.2 Å². The molecule has 92 valence electrons. The van der Waals surface area contributed by atoms with E-state index in [2.05, 4.69) is 34.6 Å². The van der Waals surface area contributed by atoms with Crippen LogP contribution in [-0.4, -0.2) is 13.2 Å². The summed E-state index contributed by atoms with van der Waals surface area (Å²) in [5, 5.41) is 0. The van der Waals surface area contributed by atoms with Crippen molar-refractivity contribution >= 4 is 0 Å². The van der Waals surface area contributed by atoms with Gasteiger partial charge in [-0.3, -0.25) is 0 Å². The molecule has 0 radical (unpaired) electrons. The molecule has 0 saturated carbocycles. The van der Waals surface area contributed by atoms with E-state index in [-0.39, 0.29) is 0 Å². The standard InChI is InChI=1S/C14H30O/c1-6-7-8-9-14(13(4)5)11-15-10-12(2)3/h12-14H,6-11H2,1-5H3. The van der Waals surface area contributed by atoms with Crippen LogP contribution in [0.15, 0.2) is 0 Å². The zero-order valence-corrected chi connectivity index (χ0v) is 11.4. The number of unbranched alkanes of at least 4 members (excludes halogenated alkanes) is 2. The molecule has 0 fully saturated rings. The first-order valence-corrected chi connectivity index (χ1v) is 6.65. The lowest BCUT2D eigenvalue weighted by molar-refractivity contribution is 0.0615. The first-order valence-electron chi connectivity index (χ1n) is 6.65. The smallest absolute Gasteiger partial charge is 0.0496 e. The lowest BCUT2D eigenvalue weighted by atomic mass is 9.91. The van der Waals surface area contributed by atoms with Crippen LogP contribution >= 0.6 is 0 Å². The minimum atomic E-state index is 0.661. The van der Waals surface area contributed by atoms with E-state index < -0.39 is 0 Å². The predicted molar refractivity (Wildman–Crippen MR) is 68.1 cm³/mol. The van der Waals surface area contributed by atoms with Gasteiger partial charge in [0.15, 0.2) is 0 Å². The molecule has 1 unspecified atom stereocenters. The third kappa shape index (κ3) is 8.92. The van der Waals surface area contributed by atoms with Crippen LogP contribution < -0.4 is 0 Å². The molecule has 0 aliphatic rings. The average Bonchev–Trinajstić information content (AvgIpc) is 2.15. The summed E-state index contributed by atoms with van der Waals surface area (Å²) in [6.45, 7) is 13.2. The van der Waals surface area contributed by atoms with E-state index in [0.29, 0.717) is 5.92 Å². The minimum Gasteiger partial charge on any atom is -0.381 e. The van der Waals surface area contributed by atoms with E-state index in [0.717, 1.165) is 25.0 Å². The van der Waals surface area contributed by atoms with Crippen molar-refractivity contribution in [1.29, 1.82) is 0 Å². The molecule has 1 nitrogen and oxygen atoms in total. The minimum absolute atomic E-state index is 0.661. The van der Waals surface area contributed by atoms with Gasteiger partial charge in [0.25, 0.3) is 0 Å². The average molecular weight is 214 g/mol. The third-order valence-corrected chi connectivity index (χ3v) is 2.90. The van der Waals surface area contributed by atoms with Crippen LogP contribution in [0, 0.1) is 17.8 Å². The monoisotopic (exact) mass is 214 g/mol. The highest BCUT2D eigenvalue weighted by molar-refractivity contribution is 4.63. The number of rotatable bonds is 9. The van der Waals surface area contributed by atoms with Crippen molar-refractivity contribution < 1.29 is 4.74 Å². The van der Waals surface area contributed by atoms with Crippen LogP contribution in [0.25, 0.3) is 0 Å². The van der Waals surface area contributed by atoms with Crippen molar-refractivity contribution in [3.05, 3.63) is 0 Å². The van der Waals surface area contributed by atoms with Crippen LogP contribution in [0.2, 0.25) is 0 Å². The Bertz CT molecular complexity index is 129. The third-order valence-electron chi connectivity index (χ3n) is 2.90. The molecular formula is C14H30O. The maximum absolute atomic E-state index is 5.75. The van der Waals surface area contributed by atoms with Gasteiger partial charge in [0.05, 0.1) is 0 Å². The van der Waals surface area contributed by atoms with Crippen molar-refractivity contribution in [3.63, 3.8) is 0 Å². The van der Waals surface area contributed by atoms with Gasteiger partial charge in [-0.05, 0) is 24.2 Å². The molecule has 0 aliphatic heterocycles. The number of hydrogen-bond acceptors (Lipinski definition) is 1. The highest BCUT2D eigenvalue weighted by atomic mass is 16.5. The van der Waals surface area contributed by atoms with E-state index in [1.54, 1.807) is 0 Å². The van der Waals surface area contributed by atoms with Crippen molar-refractivity contribution in [2.45, 2.75) is 60.3 Å². The maximum Gasteiger partial charge on any atom is 0.0496 e. The fourth-order valence-electron chi connectivity index (χ4n) is 1.72. The number of hydrogen-bond donors (Lipinski definition) is 0. The Hall–Kier alpha value is -0.0400. The Morgan fingerprint density at radius 3 is 2.07 bits per heavy atom. The van der Waals surface area contributed by atoms with Crippen molar-refractivity contribution in [2.75, 3.05) is 13.2 Å². The van der Waals surface area contributed by atoms with Gasteiger partial charge in [-0.2, -0.15) is 0 Å². The summed E-state index contributed by atoms with van der Waals surface area (Å²) in [5.41, 5.74) is 0. The molecule has 0 heterocycles. The van der Waals surface area contributed by atoms with E-state index in [4.69, 9.17) is 4.74 Å². The SMILES string of the molecule is CCCCCC(COCC(C)C)C(C)C. The lowest BCUT2D eigenvalue weighted by Gasteiger charge is -2.21. The summed E-state index contributed by atoms with van der Waals surface area (Å²) >= 11 is 0. The Labute approximate surface area is 96.6 Å². The van der Waals surface area contributed by atoms with Crippen molar-refractivity contribution in [2.24, 2.45) is 17.8 Å². The Balaban J connectivity index is 3.64. The second kappa shape index (κ2) is 9.21. The van der Waals surface area contributed by atoms with Crippen LogP contribution in [0.1, 0.15) is 60.3 Å². The number of ether oxygens (including phenoxy) is 1. The molecule has 0 N–H and O–H groups in total. The zero-order chi connectivity index (χ0) is 11.7. The first kappa shape index (κ1) is 15.0. The van der Waals surface area contributed by atoms with Crippen molar-refractivity contribution in [3.8, 4) is 0 Å². The molecule has 0 saturated heterocycles. The highest BCUT2D eigenvalue weighted by Crippen LogP contribution is 2.19. The van der Waals surface area contributed by atoms with Gasteiger partial charge in [-0.25, -0.2) is 0 Å². The molecule has 1 atom stereocenters. The first-order chi connectivity index (χ1) is 7.07. The summed E-state index contributed by atoms with van der Waals surface area (Å²) < 4.78 is 5.75. The van der Waals surface area contributed by atoms with Crippen LogP contribution in [0.3, 0.4) is 0 Å². The summed E-state index contributed by atoms with van der Waals surface area (Å²) in [6.07, 6.45) is 5.39. The molecular weight excluding hydrogens is 184 g/mol. The molecule has 0 aromatic heterocycles. The molecule has 0 rings (SSSR count). The van der Waals surface area contributed by atoms with E-state index in [1.165, 1.54) is 25.7 Å². The van der Waals surface area contributed by atoms with Crippen LogP contribution in [-0.2, 0) is 4.74 Å². The molecule has 0 spiro atoms. The highest BCUT2D eigenvalue weighted by Gasteiger charge is 2.13. The van der Waals surface area contributed by atoms with Gasteiger partial charge >= 0.3 is 0 Å². The summed E-state index contributed by atoms with van der Waals surface area (Å²) in [7, 11) is 0. The second-order valence-electron chi connectivity index (χ2n) is 5.43. The lowest BCUT2D eigenvalue weighted by Crippen LogP contribution is -2.17. The predicted octanol–water partition coefficient (Wildman–Crippen LogP) is 4.51. The molecule has 0 aromatic rings. The quantitative estimate of drug-likeness (QED) is 0.513. The van der Waals surface area contributed by atoms with E-state index in [9.17, 15) is 0 Å². The molecule has 15 heavy (non-hydrogen) atoms. The molecule has 0 aliphatic carbocycles. The Morgan fingerprint density at radius 2 is 1.60 bits per heavy atom. The molecule has 0 bridgehead atoms. The molecule has 1 heteroatoms. The second-order valence-corrected chi connectivity index (χ2v) is 5.43. The van der Waals surface area contributed by atoms with Crippen LogP contribution in [0.5, 0.6) is 0 Å². The van der Waals surface area contributed by atoms with Gasteiger partial charge < -0.3 is 4.74 Å². The van der Waals surface area contributed by atoms with Gasteiger partial charge in [0.1, 0.15) is 0 Å². The maximum atomic E-state index is 5.75. The Morgan fingerprint density at radius 1 is 0.933 bits per heavy atom. The fraction of sp³-hybridized carbons (Fsp3) is 1.00. The molecule has 0 amide bonds. The van der Waals surface area contributed by atoms with Gasteiger partial charge in [-0.15, -0.1) is 0 Å². The topological polar surface area (TPSA) is 9.23 Å². The Kier molecular flexibility index (Phi) is 9.18. The van der Waals surface area contributed by atoms with Gasteiger partial charge in [0.2, 0.25) is 0 Å². The van der Waals surface area contributed by atoms with Crippen LogP contribution in [0.4, 0.5) is 0 Å². The summed E-state index contributed by atoms with van der Waals surface area (Å²) in [6, 6.07) is 0. The van der Waals surface area contributed by atoms with E-state index in [1.807, 2.05) is 0 Å². The fourth-order valence-corrected chi connectivity index (χ4v) is 1.72. The summed E-state index contributed by atoms with van der Waals surface area (Å²) in [5.74, 6) is 2.18. The van der Waals surface area contributed by atoms with Gasteiger partial charge in [-0.1, -0.05) is 53.9 Å². The van der Waals surface area contributed by atoms with E-state index >= 15 is 0 Å². The van der Waals surface area contributed by atoms with Crippen molar-refractivity contribution in [1.82, 2.24) is 0 Å². The zero-order valence-electron chi connectivity index (χ0n) is 11.4. The largest absolute Gasteiger partial charge is 0.381 e. The summed E-state index contributed by atoms with van der Waals surface area (Å²) in [4.78, 5) is 0. The normalized spacial score (nSPS) is 13.8.